The summed E-state index contributed by atoms with van der Waals surface area (Å²) in [7, 11) is -0.503. The van der Waals surface area contributed by atoms with Crippen molar-refractivity contribution in [2.24, 2.45) is 0 Å². The van der Waals surface area contributed by atoms with E-state index in [4.69, 9.17) is 0 Å². The van der Waals surface area contributed by atoms with Crippen molar-refractivity contribution >= 4 is 21.1 Å². The van der Waals surface area contributed by atoms with E-state index >= 15 is 0 Å². The van der Waals surface area contributed by atoms with Gasteiger partial charge in [0.2, 0.25) is 10.0 Å². The second-order valence-corrected chi connectivity index (χ2v) is 8.06. The fourth-order valence-electron chi connectivity index (χ4n) is 2.54. The average Bonchev–Trinajstić information content (AvgIpc) is 3.28. The Hall–Kier alpha value is -3.04. The molecule has 26 heavy (non-hydrogen) atoms. The Balaban J connectivity index is 1.74. The maximum Gasteiger partial charge on any atom is 0.242 e. The largest absolute Gasteiger partial charge is 0.336 e. The molecule has 2 aromatic heterocycles. The maximum atomic E-state index is 12.3. The number of para-hydroxylation sites is 1. The van der Waals surface area contributed by atoms with Crippen LogP contribution in [0.15, 0.2) is 59.6 Å². The Morgan fingerprint density at radius 2 is 1.85 bits per heavy atom. The highest BCUT2D eigenvalue weighted by atomic mass is 32.2. The van der Waals surface area contributed by atoms with Gasteiger partial charge in [0.1, 0.15) is 5.69 Å². The van der Waals surface area contributed by atoms with Crippen molar-refractivity contribution in [3.8, 4) is 17.2 Å². The van der Waals surface area contributed by atoms with E-state index in [2.05, 4.69) is 20.2 Å². The third-order valence-corrected chi connectivity index (χ3v) is 5.76. The summed E-state index contributed by atoms with van der Waals surface area (Å²) < 4.78 is 25.7. The predicted molar refractivity (Wildman–Crippen MR) is 97.3 cm³/mol. The SMILES string of the molecule is CN(C)S(=O)(=O)c1ccc2nc(-c3cnn(-c4ccccc4)n3)[nH]c2c1. The lowest BCUT2D eigenvalue weighted by atomic mass is 10.3. The third-order valence-electron chi connectivity index (χ3n) is 3.95. The van der Waals surface area contributed by atoms with Crippen molar-refractivity contribution in [1.29, 1.82) is 0 Å². The highest BCUT2D eigenvalue weighted by molar-refractivity contribution is 7.89. The maximum absolute atomic E-state index is 12.3. The summed E-state index contributed by atoms with van der Waals surface area (Å²) >= 11 is 0. The van der Waals surface area contributed by atoms with Gasteiger partial charge in [-0.15, -0.1) is 5.10 Å². The number of nitrogens with zero attached hydrogens (tertiary/aromatic N) is 5. The first kappa shape index (κ1) is 16.4. The zero-order valence-electron chi connectivity index (χ0n) is 14.2. The molecule has 0 amide bonds. The summed E-state index contributed by atoms with van der Waals surface area (Å²) in [4.78, 5) is 9.32. The molecule has 0 saturated carbocycles. The Bertz CT molecular complexity index is 1180. The summed E-state index contributed by atoms with van der Waals surface area (Å²) in [5.41, 5.74) is 2.69. The van der Waals surface area contributed by atoms with E-state index in [9.17, 15) is 8.42 Å². The van der Waals surface area contributed by atoms with Gasteiger partial charge in [-0.25, -0.2) is 17.7 Å². The zero-order chi connectivity index (χ0) is 18.3. The molecule has 0 spiro atoms. The molecule has 0 unspecified atom stereocenters. The lowest BCUT2D eigenvalue weighted by molar-refractivity contribution is 0.521. The molecule has 0 saturated heterocycles. The second kappa shape index (κ2) is 6.04. The van der Waals surface area contributed by atoms with Gasteiger partial charge in [0.15, 0.2) is 5.82 Å². The van der Waals surface area contributed by atoms with Gasteiger partial charge in [-0.1, -0.05) is 18.2 Å². The van der Waals surface area contributed by atoms with E-state index in [1.54, 1.807) is 24.4 Å². The summed E-state index contributed by atoms with van der Waals surface area (Å²) in [6, 6.07) is 14.3. The minimum absolute atomic E-state index is 0.207. The smallest absolute Gasteiger partial charge is 0.242 e. The topological polar surface area (TPSA) is 96.8 Å². The van der Waals surface area contributed by atoms with E-state index < -0.39 is 10.0 Å². The molecule has 4 aromatic rings. The van der Waals surface area contributed by atoms with Crippen molar-refractivity contribution < 1.29 is 8.42 Å². The van der Waals surface area contributed by atoms with Crippen LogP contribution in [0.25, 0.3) is 28.2 Å². The Morgan fingerprint density at radius 1 is 1.08 bits per heavy atom. The van der Waals surface area contributed by atoms with Crippen LogP contribution in [0.1, 0.15) is 0 Å². The average molecular weight is 368 g/mol. The summed E-state index contributed by atoms with van der Waals surface area (Å²) in [5.74, 6) is 0.529. The number of aromatic amines is 1. The van der Waals surface area contributed by atoms with Crippen LogP contribution in [-0.2, 0) is 10.0 Å². The monoisotopic (exact) mass is 368 g/mol. The first-order valence-electron chi connectivity index (χ1n) is 7.85. The number of rotatable bonds is 4. The molecule has 8 nitrogen and oxygen atoms in total. The first-order valence-corrected chi connectivity index (χ1v) is 9.29. The number of sulfonamides is 1. The van der Waals surface area contributed by atoms with Crippen molar-refractivity contribution in [2.75, 3.05) is 14.1 Å². The lowest BCUT2D eigenvalue weighted by Gasteiger charge is -2.10. The molecule has 0 aliphatic rings. The molecule has 2 heterocycles. The fourth-order valence-corrected chi connectivity index (χ4v) is 3.47. The van der Waals surface area contributed by atoms with Gasteiger partial charge in [-0.05, 0) is 30.3 Å². The van der Waals surface area contributed by atoms with E-state index in [1.165, 1.54) is 23.2 Å². The van der Waals surface area contributed by atoms with Crippen LogP contribution in [0.2, 0.25) is 0 Å². The Kier molecular flexibility index (Phi) is 3.82. The number of imidazole rings is 1. The summed E-state index contributed by atoms with van der Waals surface area (Å²) in [6.45, 7) is 0. The van der Waals surface area contributed by atoms with Gasteiger partial charge in [0, 0.05) is 14.1 Å². The molecule has 0 aliphatic heterocycles. The van der Waals surface area contributed by atoms with Crippen molar-refractivity contribution in [3.05, 3.63) is 54.7 Å². The normalized spacial score (nSPS) is 12.1. The minimum atomic E-state index is -3.50. The molecule has 2 aromatic carbocycles. The van der Waals surface area contributed by atoms with E-state index in [0.29, 0.717) is 22.6 Å². The number of aromatic nitrogens is 5. The van der Waals surface area contributed by atoms with E-state index in [-0.39, 0.29) is 4.90 Å². The van der Waals surface area contributed by atoms with Crippen molar-refractivity contribution in [1.82, 2.24) is 29.3 Å². The lowest BCUT2D eigenvalue weighted by Crippen LogP contribution is -2.22. The van der Waals surface area contributed by atoms with Gasteiger partial charge < -0.3 is 4.98 Å². The van der Waals surface area contributed by atoms with E-state index in [0.717, 1.165) is 5.69 Å². The first-order chi connectivity index (χ1) is 12.4. The van der Waals surface area contributed by atoms with Crippen LogP contribution in [0.4, 0.5) is 0 Å². The zero-order valence-corrected chi connectivity index (χ0v) is 15.0. The molecule has 132 valence electrons. The van der Waals surface area contributed by atoms with Gasteiger partial charge in [-0.3, -0.25) is 0 Å². The molecule has 0 atom stereocenters. The quantitative estimate of drug-likeness (QED) is 0.595. The van der Waals surface area contributed by atoms with Crippen molar-refractivity contribution in [2.45, 2.75) is 4.90 Å². The summed E-state index contributed by atoms with van der Waals surface area (Å²) in [6.07, 6.45) is 1.61. The standard InChI is InChI=1S/C17H16N6O2S/c1-22(2)26(24,25)13-8-9-14-15(10-13)20-17(19-14)16-11-18-23(21-16)12-6-4-3-5-7-12/h3-11H,1-2H3,(H,19,20). The van der Waals surface area contributed by atoms with Crippen molar-refractivity contribution in [3.63, 3.8) is 0 Å². The van der Waals surface area contributed by atoms with Crippen LogP contribution >= 0.6 is 0 Å². The number of hydrogen-bond donors (Lipinski definition) is 1. The molecular formula is C17H16N6O2S. The number of fused-ring (bicyclic) bond motifs is 1. The Morgan fingerprint density at radius 3 is 2.58 bits per heavy atom. The van der Waals surface area contributed by atoms with Gasteiger partial charge in [0.05, 0.1) is 27.8 Å². The molecule has 4 rings (SSSR count). The number of benzene rings is 2. The second-order valence-electron chi connectivity index (χ2n) is 5.91. The van der Waals surface area contributed by atoms with Gasteiger partial charge in [0.25, 0.3) is 0 Å². The number of nitrogens with one attached hydrogen (secondary N) is 1. The van der Waals surface area contributed by atoms with Crippen LogP contribution in [-0.4, -0.2) is 51.8 Å². The predicted octanol–water partition coefficient (Wildman–Crippen LogP) is 2.06. The molecule has 0 fully saturated rings. The molecule has 1 N–H and O–H groups in total. The third kappa shape index (κ3) is 2.76. The molecule has 0 radical (unpaired) electrons. The molecular weight excluding hydrogens is 352 g/mol. The Labute approximate surface area is 150 Å². The van der Waals surface area contributed by atoms with Crippen LogP contribution < -0.4 is 0 Å². The van der Waals surface area contributed by atoms with Gasteiger partial charge >= 0.3 is 0 Å². The molecule has 0 aliphatic carbocycles. The summed E-state index contributed by atoms with van der Waals surface area (Å²) in [5, 5.41) is 8.69. The number of H-pyrrole nitrogens is 1. The highest BCUT2D eigenvalue weighted by Crippen LogP contribution is 2.23. The number of hydrogen-bond acceptors (Lipinski definition) is 5. The van der Waals surface area contributed by atoms with E-state index in [1.807, 2.05) is 30.3 Å². The van der Waals surface area contributed by atoms with Crippen LogP contribution in [0.3, 0.4) is 0 Å². The molecule has 9 heteroatoms. The molecule has 0 bridgehead atoms. The minimum Gasteiger partial charge on any atom is -0.336 e. The highest BCUT2D eigenvalue weighted by Gasteiger charge is 2.18. The fraction of sp³-hybridized carbons (Fsp3) is 0.118. The van der Waals surface area contributed by atoms with Gasteiger partial charge in [-0.2, -0.15) is 9.90 Å². The van der Waals surface area contributed by atoms with Crippen LogP contribution in [0.5, 0.6) is 0 Å². The van der Waals surface area contributed by atoms with Crippen LogP contribution in [0, 0.1) is 0 Å².